The van der Waals surface area contributed by atoms with Gasteiger partial charge in [0.15, 0.2) is 0 Å². The average molecular weight is 261 g/mol. The fraction of sp³-hybridized carbons (Fsp3) is 0.429. The van der Waals surface area contributed by atoms with Gasteiger partial charge in [0.25, 0.3) is 0 Å². The SMILES string of the molecule is N#Cc1cccc(NC(=O)NCCCCCCO)c1. The number of nitriles is 1. The van der Waals surface area contributed by atoms with Crippen molar-refractivity contribution in [1.82, 2.24) is 5.32 Å². The molecule has 0 aliphatic heterocycles. The number of unbranched alkanes of at least 4 members (excludes halogenated alkanes) is 3. The van der Waals surface area contributed by atoms with E-state index >= 15 is 0 Å². The highest BCUT2D eigenvalue weighted by atomic mass is 16.2. The van der Waals surface area contributed by atoms with Crippen molar-refractivity contribution in [2.75, 3.05) is 18.5 Å². The predicted octanol–water partition coefficient (Wildman–Crippen LogP) is 2.23. The zero-order valence-electron chi connectivity index (χ0n) is 10.9. The van der Waals surface area contributed by atoms with Crippen molar-refractivity contribution >= 4 is 11.7 Å². The van der Waals surface area contributed by atoms with Gasteiger partial charge in [0.05, 0.1) is 11.6 Å². The van der Waals surface area contributed by atoms with Crippen molar-refractivity contribution in [2.24, 2.45) is 0 Å². The molecule has 102 valence electrons. The molecule has 2 amide bonds. The monoisotopic (exact) mass is 261 g/mol. The molecule has 0 spiro atoms. The van der Waals surface area contributed by atoms with Gasteiger partial charge in [-0.1, -0.05) is 18.9 Å². The van der Waals surface area contributed by atoms with Crippen LogP contribution in [0.25, 0.3) is 0 Å². The second-order valence-electron chi connectivity index (χ2n) is 4.21. The number of carbonyl (C=O) groups excluding carboxylic acids is 1. The van der Waals surface area contributed by atoms with E-state index in [-0.39, 0.29) is 12.6 Å². The highest BCUT2D eigenvalue weighted by Crippen LogP contribution is 2.09. The summed E-state index contributed by atoms with van der Waals surface area (Å²) in [5.41, 5.74) is 1.12. The van der Waals surface area contributed by atoms with Crippen molar-refractivity contribution in [3.63, 3.8) is 0 Å². The Morgan fingerprint density at radius 3 is 2.79 bits per heavy atom. The number of urea groups is 1. The third-order valence-electron chi connectivity index (χ3n) is 2.62. The van der Waals surface area contributed by atoms with E-state index < -0.39 is 0 Å². The molecule has 5 nitrogen and oxygen atoms in total. The van der Waals surface area contributed by atoms with Gasteiger partial charge in [-0.05, 0) is 31.0 Å². The maximum Gasteiger partial charge on any atom is 0.319 e. The number of aliphatic hydroxyl groups is 1. The molecule has 0 bridgehead atoms. The highest BCUT2D eigenvalue weighted by molar-refractivity contribution is 5.89. The van der Waals surface area contributed by atoms with Gasteiger partial charge < -0.3 is 15.7 Å². The number of rotatable bonds is 7. The lowest BCUT2D eigenvalue weighted by Crippen LogP contribution is -2.29. The minimum absolute atomic E-state index is 0.225. The highest BCUT2D eigenvalue weighted by Gasteiger charge is 2.01. The number of nitrogens with one attached hydrogen (secondary N) is 2. The Labute approximate surface area is 113 Å². The fourth-order valence-electron chi connectivity index (χ4n) is 1.63. The maximum atomic E-state index is 11.6. The minimum atomic E-state index is -0.266. The predicted molar refractivity (Wildman–Crippen MR) is 73.7 cm³/mol. The third kappa shape index (κ3) is 6.43. The van der Waals surface area contributed by atoms with Gasteiger partial charge in [-0.15, -0.1) is 0 Å². The summed E-state index contributed by atoms with van der Waals surface area (Å²) in [6.07, 6.45) is 3.67. The van der Waals surface area contributed by atoms with Gasteiger partial charge in [-0.25, -0.2) is 4.79 Å². The molecule has 0 aromatic heterocycles. The second kappa shape index (κ2) is 8.95. The van der Waals surface area contributed by atoms with Crippen LogP contribution in [0.4, 0.5) is 10.5 Å². The minimum Gasteiger partial charge on any atom is -0.396 e. The van der Waals surface area contributed by atoms with E-state index in [2.05, 4.69) is 10.6 Å². The molecule has 0 fully saturated rings. The molecule has 0 saturated heterocycles. The molecule has 0 unspecified atom stereocenters. The summed E-state index contributed by atoms with van der Waals surface area (Å²) in [5.74, 6) is 0. The van der Waals surface area contributed by atoms with E-state index in [0.717, 1.165) is 25.7 Å². The van der Waals surface area contributed by atoms with Crippen LogP contribution < -0.4 is 10.6 Å². The lowest BCUT2D eigenvalue weighted by Gasteiger charge is -2.07. The number of anilines is 1. The number of amides is 2. The number of hydrogen-bond acceptors (Lipinski definition) is 3. The van der Waals surface area contributed by atoms with Crippen LogP contribution in [0.5, 0.6) is 0 Å². The Morgan fingerprint density at radius 1 is 1.26 bits per heavy atom. The first-order valence-electron chi connectivity index (χ1n) is 6.42. The molecular weight excluding hydrogens is 242 g/mol. The van der Waals surface area contributed by atoms with Crippen LogP contribution in [-0.4, -0.2) is 24.3 Å². The van der Waals surface area contributed by atoms with Crippen molar-refractivity contribution < 1.29 is 9.90 Å². The average Bonchev–Trinajstić information content (AvgIpc) is 2.43. The Kier molecular flexibility index (Phi) is 7.06. The smallest absolute Gasteiger partial charge is 0.319 e. The summed E-state index contributed by atoms with van der Waals surface area (Å²) < 4.78 is 0. The Morgan fingerprint density at radius 2 is 2.05 bits per heavy atom. The molecule has 0 heterocycles. The second-order valence-corrected chi connectivity index (χ2v) is 4.21. The maximum absolute atomic E-state index is 11.6. The summed E-state index contributed by atoms with van der Waals surface area (Å²) in [4.78, 5) is 11.6. The number of hydrogen-bond donors (Lipinski definition) is 3. The van der Waals surface area contributed by atoms with Gasteiger partial charge in [0.1, 0.15) is 0 Å². The summed E-state index contributed by atoms with van der Waals surface area (Å²) in [5, 5.41) is 22.8. The van der Waals surface area contributed by atoms with Crippen molar-refractivity contribution in [3.05, 3.63) is 29.8 Å². The normalized spacial score (nSPS) is 9.68. The number of carbonyl (C=O) groups is 1. The van der Waals surface area contributed by atoms with E-state index in [1.54, 1.807) is 24.3 Å². The summed E-state index contributed by atoms with van der Waals surface area (Å²) >= 11 is 0. The lowest BCUT2D eigenvalue weighted by molar-refractivity contribution is 0.251. The standard InChI is InChI=1S/C14H19N3O2/c15-11-12-6-5-7-13(10-12)17-14(19)16-8-3-1-2-4-9-18/h5-7,10,18H,1-4,8-9H2,(H2,16,17,19). The van der Waals surface area contributed by atoms with Crippen molar-refractivity contribution in [1.29, 1.82) is 5.26 Å². The first-order chi connectivity index (χ1) is 9.26. The first kappa shape index (κ1) is 15.0. The number of nitrogens with zero attached hydrogens (tertiary/aromatic N) is 1. The molecule has 1 aromatic carbocycles. The summed E-state index contributed by atoms with van der Waals surface area (Å²) in [6.45, 7) is 0.832. The molecular formula is C14H19N3O2. The fourth-order valence-corrected chi connectivity index (χ4v) is 1.63. The van der Waals surface area contributed by atoms with Gasteiger partial charge in [0, 0.05) is 18.8 Å². The zero-order chi connectivity index (χ0) is 13.9. The van der Waals surface area contributed by atoms with E-state index in [1.165, 1.54) is 0 Å². The van der Waals surface area contributed by atoms with E-state index in [4.69, 9.17) is 10.4 Å². The topological polar surface area (TPSA) is 85.2 Å². The Balaban J connectivity index is 2.22. The van der Waals surface area contributed by atoms with Crippen LogP contribution in [0.3, 0.4) is 0 Å². The largest absolute Gasteiger partial charge is 0.396 e. The zero-order valence-corrected chi connectivity index (χ0v) is 10.9. The summed E-state index contributed by atoms with van der Waals surface area (Å²) in [6, 6.07) is 8.53. The van der Waals surface area contributed by atoms with Crippen LogP contribution in [0.1, 0.15) is 31.2 Å². The van der Waals surface area contributed by atoms with E-state index in [9.17, 15) is 4.79 Å². The number of benzene rings is 1. The molecule has 0 aliphatic carbocycles. The molecule has 0 radical (unpaired) electrons. The van der Waals surface area contributed by atoms with E-state index in [0.29, 0.717) is 17.8 Å². The van der Waals surface area contributed by atoms with Gasteiger partial charge in [-0.3, -0.25) is 0 Å². The summed E-state index contributed by atoms with van der Waals surface area (Å²) in [7, 11) is 0. The van der Waals surface area contributed by atoms with Crippen LogP contribution >= 0.6 is 0 Å². The quantitative estimate of drug-likeness (QED) is 0.658. The lowest BCUT2D eigenvalue weighted by atomic mass is 10.2. The molecule has 3 N–H and O–H groups in total. The number of aliphatic hydroxyl groups excluding tert-OH is 1. The van der Waals surface area contributed by atoms with Crippen LogP contribution in [0.15, 0.2) is 24.3 Å². The van der Waals surface area contributed by atoms with Gasteiger partial charge >= 0.3 is 6.03 Å². The van der Waals surface area contributed by atoms with Crippen molar-refractivity contribution in [2.45, 2.75) is 25.7 Å². The van der Waals surface area contributed by atoms with Crippen LogP contribution in [0.2, 0.25) is 0 Å². The van der Waals surface area contributed by atoms with E-state index in [1.807, 2.05) is 6.07 Å². The molecule has 0 aliphatic rings. The molecule has 0 atom stereocenters. The molecule has 5 heteroatoms. The first-order valence-corrected chi connectivity index (χ1v) is 6.42. The molecule has 1 aromatic rings. The van der Waals surface area contributed by atoms with Crippen molar-refractivity contribution in [3.8, 4) is 6.07 Å². The molecule has 1 rings (SSSR count). The Bertz CT molecular complexity index is 441. The Hall–Kier alpha value is -2.06. The molecule has 19 heavy (non-hydrogen) atoms. The van der Waals surface area contributed by atoms with Crippen LogP contribution in [0, 0.1) is 11.3 Å². The molecule has 0 saturated carbocycles. The van der Waals surface area contributed by atoms with Crippen LogP contribution in [-0.2, 0) is 0 Å². The van der Waals surface area contributed by atoms with Gasteiger partial charge in [0.2, 0.25) is 0 Å². The van der Waals surface area contributed by atoms with Gasteiger partial charge in [-0.2, -0.15) is 5.26 Å². The third-order valence-corrected chi connectivity index (χ3v) is 2.62.